The smallest absolute Gasteiger partial charge is 0.0593 e. The van der Waals surface area contributed by atoms with Gasteiger partial charge in [0.05, 0.1) is 6.61 Å². The van der Waals surface area contributed by atoms with Gasteiger partial charge in [0.25, 0.3) is 0 Å². The number of ether oxygens (including phenoxy) is 5. The lowest BCUT2D eigenvalue weighted by molar-refractivity contribution is 0.0906. The second-order valence-corrected chi connectivity index (χ2v) is 12.3. The molecule has 0 amide bonds. The predicted octanol–water partition coefficient (Wildman–Crippen LogP) is 5.82. The highest BCUT2D eigenvalue weighted by atomic mass is 31.0. The largest absolute Gasteiger partial charge is 0.382 e. The summed E-state index contributed by atoms with van der Waals surface area (Å²) in [5, 5.41) is 0.283. The fourth-order valence-corrected chi connectivity index (χ4v) is 6.02. The molecule has 36 heavy (non-hydrogen) atoms. The van der Waals surface area contributed by atoms with Crippen molar-refractivity contribution in [2.45, 2.75) is 96.3 Å². The van der Waals surface area contributed by atoms with Gasteiger partial charge in [-0.25, -0.2) is 0 Å². The lowest BCUT2D eigenvalue weighted by Gasteiger charge is -2.41. The first-order chi connectivity index (χ1) is 17.4. The average molecular weight is 554 g/mol. The molecule has 0 aromatic rings. The van der Waals surface area contributed by atoms with Gasteiger partial charge in [-0.05, 0) is 96.3 Å². The zero-order chi connectivity index (χ0) is 27.0. The van der Waals surface area contributed by atoms with Gasteiger partial charge in [0.15, 0.2) is 0 Å². The molecule has 0 N–H and O–H groups in total. The molecule has 0 saturated heterocycles. The predicted molar refractivity (Wildman–Crippen MR) is 161 cm³/mol. The number of hydrogen-bond acceptors (Lipinski definition) is 6. The van der Waals surface area contributed by atoms with E-state index in [4.69, 9.17) is 23.7 Å². The van der Waals surface area contributed by atoms with Crippen LogP contribution in [0.5, 0.6) is 0 Å². The molecule has 2 unspecified atom stereocenters. The van der Waals surface area contributed by atoms with Gasteiger partial charge < -0.3 is 23.7 Å². The van der Waals surface area contributed by atoms with Crippen LogP contribution in [0.2, 0.25) is 0 Å². The van der Waals surface area contributed by atoms with Crippen LogP contribution in [-0.4, -0.2) is 101 Å². The van der Waals surface area contributed by atoms with Crippen LogP contribution in [0.4, 0.5) is 0 Å². The van der Waals surface area contributed by atoms with Gasteiger partial charge in [0.1, 0.15) is 0 Å². The maximum absolute atomic E-state index is 5.81. The highest BCUT2D eigenvalue weighted by Gasteiger charge is 2.32. The Hall–Kier alpha value is 0.620. The second kappa shape index (κ2) is 24.6. The molecule has 2 atom stereocenters. The van der Waals surface area contributed by atoms with Crippen molar-refractivity contribution in [3.63, 3.8) is 0 Å². The van der Waals surface area contributed by atoms with Crippen molar-refractivity contribution in [1.82, 2.24) is 4.90 Å². The molecule has 8 heteroatoms. The molecule has 0 aromatic carbocycles. The fourth-order valence-electron chi connectivity index (χ4n) is 4.69. The van der Waals surface area contributed by atoms with E-state index >= 15 is 0 Å². The molecule has 0 saturated carbocycles. The van der Waals surface area contributed by atoms with Gasteiger partial charge in [0, 0.05) is 79.1 Å². The maximum atomic E-state index is 5.81. The molecule has 6 nitrogen and oxygen atoms in total. The highest BCUT2D eigenvalue weighted by Crippen LogP contribution is 2.35. The number of hydrogen-bond donors (Lipinski definition) is 0. The Morgan fingerprint density at radius 2 is 0.750 bits per heavy atom. The normalized spacial score (nSPS) is 12.7. The second-order valence-electron chi connectivity index (χ2n) is 9.83. The van der Waals surface area contributed by atoms with E-state index in [-0.39, 0.29) is 10.3 Å². The monoisotopic (exact) mass is 553 g/mol. The molecule has 0 aliphatic carbocycles. The number of nitrogens with zero attached hydrogens (tertiary/aromatic N) is 1. The van der Waals surface area contributed by atoms with Crippen LogP contribution in [0.25, 0.3) is 0 Å². The first-order valence-corrected chi connectivity index (χ1v) is 15.7. The summed E-state index contributed by atoms with van der Waals surface area (Å²) < 4.78 is 28.5. The summed E-state index contributed by atoms with van der Waals surface area (Å²) in [4.78, 5) is 2.65. The summed E-state index contributed by atoms with van der Waals surface area (Å²) in [6.45, 7) is 21.4. The quantitative estimate of drug-likeness (QED) is 0.0899. The Morgan fingerprint density at radius 3 is 1.03 bits per heavy atom. The fraction of sp³-hybridized carbons (Fsp3) is 1.00. The first kappa shape index (κ1) is 36.6. The van der Waals surface area contributed by atoms with Crippen molar-refractivity contribution in [2.75, 3.05) is 85.7 Å². The average Bonchev–Trinajstić information content (AvgIpc) is 2.85. The van der Waals surface area contributed by atoms with E-state index in [0.717, 1.165) is 137 Å². The summed E-state index contributed by atoms with van der Waals surface area (Å²) in [6.07, 6.45) is 8.86. The first-order valence-electron chi connectivity index (χ1n) is 14.6. The van der Waals surface area contributed by atoms with E-state index in [1.54, 1.807) is 0 Å². The minimum absolute atomic E-state index is 0.142. The Labute approximate surface area is 229 Å². The molecule has 0 aliphatic heterocycles. The Balaban J connectivity index is 5.45. The molecule has 0 heterocycles. The lowest BCUT2D eigenvalue weighted by atomic mass is 9.92. The molecule has 218 valence electrons. The van der Waals surface area contributed by atoms with Gasteiger partial charge in [-0.15, -0.1) is 18.5 Å². The van der Waals surface area contributed by atoms with E-state index in [2.05, 4.69) is 58.0 Å². The van der Waals surface area contributed by atoms with Gasteiger partial charge in [-0.1, -0.05) is 0 Å². The van der Waals surface area contributed by atoms with Gasteiger partial charge >= 0.3 is 0 Å². The third-order valence-corrected chi connectivity index (χ3v) is 8.02. The van der Waals surface area contributed by atoms with Crippen molar-refractivity contribution in [3.8, 4) is 0 Å². The Morgan fingerprint density at radius 1 is 0.472 bits per heavy atom. The molecule has 0 radical (unpaired) electrons. The van der Waals surface area contributed by atoms with Gasteiger partial charge in [0.2, 0.25) is 0 Å². The van der Waals surface area contributed by atoms with Crippen LogP contribution in [0.1, 0.15) is 86.0 Å². The van der Waals surface area contributed by atoms with Crippen LogP contribution >= 0.6 is 18.5 Å². The van der Waals surface area contributed by atoms with Crippen molar-refractivity contribution in [2.24, 2.45) is 0 Å². The molecular formula is C28H61NO5P2. The third-order valence-electron chi connectivity index (χ3n) is 6.50. The zero-order valence-corrected chi connectivity index (χ0v) is 26.8. The minimum Gasteiger partial charge on any atom is -0.382 e. The Kier molecular flexibility index (Phi) is 25.1. The van der Waals surface area contributed by atoms with Crippen LogP contribution in [0, 0.1) is 0 Å². The molecule has 0 aliphatic rings. The standard InChI is InChI=1S/C28H61NO5P2/c1-6-30-20-11-15-27(35,16-12-21-31-7-2)25-29(19-24-34-10-5)26-28(36,17-13-22-32-8-3)18-14-23-33-9-4/h6-26,35-36H2,1-5H3. The topological polar surface area (TPSA) is 49.4 Å². The van der Waals surface area contributed by atoms with Crippen molar-refractivity contribution < 1.29 is 23.7 Å². The summed E-state index contributed by atoms with van der Waals surface area (Å²) >= 11 is 0. The lowest BCUT2D eigenvalue weighted by Crippen LogP contribution is -2.47. The molecule has 0 rings (SSSR count). The van der Waals surface area contributed by atoms with Crippen LogP contribution in [-0.2, 0) is 23.7 Å². The summed E-state index contributed by atoms with van der Waals surface area (Å²) in [5.41, 5.74) is 0. The zero-order valence-electron chi connectivity index (χ0n) is 24.5. The maximum Gasteiger partial charge on any atom is 0.0593 e. The molecular weight excluding hydrogens is 492 g/mol. The van der Waals surface area contributed by atoms with Crippen LogP contribution in [0.3, 0.4) is 0 Å². The summed E-state index contributed by atoms with van der Waals surface area (Å²) in [6, 6.07) is 0. The Bertz CT molecular complexity index is 413. The highest BCUT2D eigenvalue weighted by molar-refractivity contribution is 7.19. The molecule has 0 bridgehead atoms. The van der Waals surface area contributed by atoms with E-state index in [1.807, 2.05) is 0 Å². The number of rotatable bonds is 28. The van der Waals surface area contributed by atoms with E-state index in [1.165, 1.54) is 0 Å². The van der Waals surface area contributed by atoms with E-state index in [0.29, 0.717) is 0 Å². The SMILES string of the molecule is CCOCCCC(P)(CCCOCC)CN(CCOCC)CC(P)(CCCOCC)CCCOCC. The molecule has 0 aromatic heterocycles. The van der Waals surface area contributed by atoms with E-state index in [9.17, 15) is 0 Å². The summed E-state index contributed by atoms with van der Waals surface area (Å²) in [7, 11) is 6.48. The van der Waals surface area contributed by atoms with Crippen molar-refractivity contribution in [1.29, 1.82) is 0 Å². The molecule has 0 spiro atoms. The minimum atomic E-state index is 0.142. The van der Waals surface area contributed by atoms with Crippen LogP contribution < -0.4 is 0 Å². The van der Waals surface area contributed by atoms with Crippen LogP contribution in [0.15, 0.2) is 0 Å². The third kappa shape index (κ3) is 20.6. The van der Waals surface area contributed by atoms with Crippen molar-refractivity contribution in [3.05, 3.63) is 0 Å². The molecule has 0 fully saturated rings. The summed E-state index contributed by atoms with van der Waals surface area (Å²) in [5.74, 6) is 0. The van der Waals surface area contributed by atoms with Gasteiger partial charge in [-0.3, -0.25) is 4.90 Å². The van der Waals surface area contributed by atoms with Crippen molar-refractivity contribution >= 4 is 18.5 Å². The van der Waals surface area contributed by atoms with Gasteiger partial charge in [-0.2, -0.15) is 0 Å². The van der Waals surface area contributed by atoms with E-state index < -0.39 is 0 Å².